The molecule has 2 atom stereocenters. The van der Waals surface area contributed by atoms with Gasteiger partial charge in [0.2, 0.25) is 0 Å². The van der Waals surface area contributed by atoms with E-state index in [0.717, 1.165) is 24.9 Å². The molecule has 1 rings (SSSR count). The van der Waals surface area contributed by atoms with Crippen LogP contribution >= 0.6 is 0 Å². The Morgan fingerprint density at radius 3 is 2.33 bits per heavy atom. The van der Waals surface area contributed by atoms with Gasteiger partial charge in [-0.15, -0.1) is 0 Å². The summed E-state index contributed by atoms with van der Waals surface area (Å²) >= 11 is 0. The van der Waals surface area contributed by atoms with Gasteiger partial charge in [0, 0.05) is 13.1 Å². The fourth-order valence-corrected chi connectivity index (χ4v) is 2.16. The SMILES string of the molecule is CC1CC(C)CN(CC(=N)N)C1. The number of rotatable bonds is 2. The van der Waals surface area contributed by atoms with E-state index >= 15 is 0 Å². The van der Waals surface area contributed by atoms with E-state index in [4.69, 9.17) is 11.1 Å². The first kappa shape index (κ1) is 9.52. The molecule has 1 aliphatic heterocycles. The number of nitrogens with two attached hydrogens (primary N) is 1. The van der Waals surface area contributed by atoms with E-state index in [1.165, 1.54) is 6.42 Å². The number of hydrogen-bond donors (Lipinski definition) is 2. The Morgan fingerprint density at radius 1 is 1.42 bits per heavy atom. The number of nitrogens with one attached hydrogen (secondary N) is 1. The molecule has 1 aliphatic rings. The fraction of sp³-hybridized carbons (Fsp3) is 0.889. The molecule has 0 aromatic carbocycles. The number of piperidine rings is 1. The average molecular weight is 169 g/mol. The van der Waals surface area contributed by atoms with Crippen LogP contribution in [0, 0.1) is 17.2 Å². The van der Waals surface area contributed by atoms with Crippen molar-refractivity contribution in [3.63, 3.8) is 0 Å². The molecule has 0 saturated carbocycles. The van der Waals surface area contributed by atoms with E-state index < -0.39 is 0 Å². The third-order valence-corrected chi connectivity index (χ3v) is 2.34. The highest BCUT2D eigenvalue weighted by molar-refractivity contribution is 5.78. The third-order valence-electron chi connectivity index (χ3n) is 2.34. The van der Waals surface area contributed by atoms with E-state index in [-0.39, 0.29) is 5.84 Å². The minimum atomic E-state index is 0.288. The standard InChI is InChI=1S/C9H19N3/c1-7-3-8(2)5-12(4-7)6-9(10)11/h7-8H,3-6H2,1-2H3,(H3,10,11). The summed E-state index contributed by atoms with van der Waals surface area (Å²) < 4.78 is 0. The summed E-state index contributed by atoms with van der Waals surface area (Å²) in [6, 6.07) is 0. The van der Waals surface area contributed by atoms with Crippen LogP contribution in [0.3, 0.4) is 0 Å². The molecule has 1 saturated heterocycles. The lowest BCUT2D eigenvalue weighted by molar-refractivity contribution is 0.159. The molecular weight excluding hydrogens is 150 g/mol. The van der Waals surface area contributed by atoms with Crippen LogP contribution in [0.5, 0.6) is 0 Å². The summed E-state index contributed by atoms with van der Waals surface area (Å²) in [5, 5.41) is 7.20. The van der Waals surface area contributed by atoms with Gasteiger partial charge in [0.25, 0.3) is 0 Å². The van der Waals surface area contributed by atoms with Crippen molar-refractivity contribution in [2.24, 2.45) is 17.6 Å². The summed E-state index contributed by atoms with van der Waals surface area (Å²) in [4.78, 5) is 2.28. The normalized spacial score (nSPS) is 31.8. The third kappa shape index (κ3) is 2.81. The van der Waals surface area contributed by atoms with Gasteiger partial charge in [0.15, 0.2) is 0 Å². The maximum Gasteiger partial charge on any atom is 0.105 e. The number of hydrogen-bond acceptors (Lipinski definition) is 2. The molecule has 12 heavy (non-hydrogen) atoms. The minimum absolute atomic E-state index is 0.288. The molecule has 0 aliphatic carbocycles. The van der Waals surface area contributed by atoms with Gasteiger partial charge >= 0.3 is 0 Å². The van der Waals surface area contributed by atoms with Gasteiger partial charge in [-0.05, 0) is 18.3 Å². The summed E-state index contributed by atoms with van der Waals surface area (Å²) in [6.45, 7) is 7.38. The zero-order chi connectivity index (χ0) is 9.14. The second-order valence-corrected chi connectivity index (χ2v) is 4.17. The maximum absolute atomic E-state index is 7.20. The quantitative estimate of drug-likeness (QED) is 0.476. The van der Waals surface area contributed by atoms with Crippen LogP contribution < -0.4 is 5.73 Å². The summed E-state index contributed by atoms with van der Waals surface area (Å²) in [5.74, 6) is 1.80. The first-order valence-electron chi connectivity index (χ1n) is 4.63. The van der Waals surface area contributed by atoms with Crippen LogP contribution in [0.2, 0.25) is 0 Å². The molecule has 0 aromatic rings. The van der Waals surface area contributed by atoms with Crippen LogP contribution in [0.1, 0.15) is 20.3 Å². The first-order valence-corrected chi connectivity index (χ1v) is 4.63. The van der Waals surface area contributed by atoms with Gasteiger partial charge in [-0.25, -0.2) is 0 Å². The van der Waals surface area contributed by atoms with Gasteiger partial charge in [-0.2, -0.15) is 0 Å². The highest BCUT2D eigenvalue weighted by atomic mass is 15.1. The molecule has 0 aromatic heterocycles. The Labute approximate surface area is 74.4 Å². The van der Waals surface area contributed by atoms with E-state index in [0.29, 0.717) is 6.54 Å². The molecule has 0 bridgehead atoms. The molecule has 0 spiro atoms. The monoisotopic (exact) mass is 169 g/mol. The van der Waals surface area contributed by atoms with Gasteiger partial charge in [0.05, 0.1) is 6.54 Å². The number of likely N-dealkylation sites (tertiary alicyclic amines) is 1. The second-order valence-electron chi connectivity index (χ2n) is 4.17. The lowest BCUT2D eigenvalue weighted by Gasteiger charge is -2.34. The molecule has 1 heterocycles. The molecule has 0 amide bonds. The second kappa shape index (κ2) is 3.90. The zero-order valence-corrected chi connectivity index (χ0v) is 8.01. The van der Waals surface area contributed by atoms with Crippen molar-refractivity contribution < 1.29 is 0 Å². The highest BCUT2D eigenvalue weighted by Gasteiger charge is 2.21. The molecule has 1 fully saturated rings. The molecule has 3 N–H and O–H groups in total. The Morgan fingerprint density at radius 2 is 1.92 bits per heavy atom. The Bertz CT molecular complexity index is 157. The van der Waals surface area contributed by atoms with E-state index in [2.05, 4.69) is 18.7 Å². The predicted octanol–water partition coefficient (Wildman–Crippen LogP) is 0.900. The van der Waals surface area contributed by atoms with Gasteiger partial charge in [-0.3, -0.25) is 10.3 Å². The molecule has 2 unspecified atom stereocenters. The zero-order valence-electron chi connectivity index (χ0n) is 8.01. The van der Waals surface area contributed by atoms with Crippen molar-refractivity contribution in [2.75, 3.05) is 19.6 Å². The lowest BCUT2D eigenvalue weighted by atomic mass is 9.92. The highest BCUT2D eigenvalue weighted by Crippen LogP contribution is 2.20. The molecule has 70 valence electrons. The van der Waals surface area contributed by atoms with Crippen LogP contribution in [-0.4, -0.2) is 30.4 Å². The number of nitrogens with zero attached hydrogens (tertiary/aromatic N) is 1. The predicted molar refractivity (Wildman–Crippen MR) is 51.3 cm³/mol. The molecular formula is C9H19N3. The van der Waals surface area contributed by atoms with Crippen molar-refractivity contribution >= 4 is 5.84 Å². The minimum Gasteiger partial charge on any atom is -0.387 e. The van der Waals surface area contributed by atoms with Crippen molar-refractivity contribution in [1.29, 1.82) is 5.41 Å². The summed E-state index contributed by atoms with van der Waals surface area (Å²) in [5.41, 5.74) is 5.36. The summed E-state index contributed by atoms with van der Waals surface area (Å²) in [6.07, 6.45) is 1.31. The van der Waals surface area contributed by atoms with Crippen molar-refractivity contribution in [3.8, 4) is 0 Å². The fourth-order valence-electron chi connectivity index (χ4n) is 2.16. The number of amidine groups is 1. The van der Waals surface area contributed by atoms with E-state index in [1.54, 1.807) is 0 Å². The van der Waals surface area contributed by atoms with Crippen LogP contribution in [0.25, 0.3) is 0 Å². The maximum atomic E-state index is 7.20. The largest absolute Gasteiger partial charge is 0.387 e. The Kier molecular flexibility index (Phi) is 3.09. The topological polar surface area (TPSA) is 53.1 Å². The van der Waals surface area contributed by atoms with Crippen molar-refractivity contribution in [2.45, 2.75) is 20.3 Å². The van der Waals surface area contributed by atoms with Crippen LogP contribution in [0.15, 0.2) is 0 Å². The average Bonchev–Trinajstić information content (AvgIpc) is 1.81. The smallest absolute Gasteiger partial charge is 0.105 e. The van der Waals surface area contributed by atoms with Gasteiger partial charge < -0.3 is 5.73 Å². The molecule has 3 heteroatoms. The van der Waals surface area contributed by atoms with Gasteiger partial charge in [-0.1, -0.05) is 13.8 Å². The molecule has 0 radical (unpaired) electrons. The van der Waals surface area contributed by atoms with Crippen LogP contribution in [0.4, 0.5) is 0 Å². The van der Waals surface area contributed by atoms with E-state index in [1.807, 2.05) is 0 Å². The lowest BCUT2D eigenvalue weighted by Crippen LogP contribution is -2.42. The van der Waals surface area contributed by atoms with Crippen LogP contribution in [-0.2, 0) is 0 Å². The van der Waals surface area contributed by atoms with Gasteiger partial charge in [0.1, 0.15) is 5.84 Å². The van der Waals surface area contributed by atoms with E-state index in [9.17, 15) is 0 Å². The Hall–Kier alpha value is -0.570. The van der Waals surface area contributed by atoms with Crippen molar-refractivity contribution in [1.82, 2.24) is 4.90 Å². The van der Waals surface area contributed by atoms with Crippen molar-refractivity contribution in [3.05, 3.63) is 0 Å². The summed E-state index contributed by atoms with van der Waals surface area (Å²) in [7, 11) is 0. The molecule has 3 nitrogen and oxygen atoms in total. The first-order chi connectivity index (χ1) is 5.58. The Balaban J connectivity index is 2.38.